The Bertz CT molecular complexity index is 1970. The van der Waals surface area contributed by atoms with E-state index in [2.05, 4.69) is 104 Å². The predicted molar refractivity (Wildman–Crippen MR) is 194 cm³/mol. The van der Waals surface area contributed by atoms with Crippen LogP contribution >= 0.6 is 0 Å². The van der Waals surface area contributed by atoms with E-state index in [1.807, 2.05) is 43.5 Å². The zero-order valence-electron chi connectivity index (χ0n) is 28.7. The molecule has 4 nitrogen and oxygen atoms in total. The molecule has 0 saturated heterocycles. The molecule has 6 heteroatoms. The zero-order chi connectivity index (χ0) is 32.4. The van der Waals surface area contributed by atoms with Crippen molar-refractivity contribution in [2.75, 3.05) is 0 Å². The van der Waals surface area contributed by atoms with E-state index in [0.29, 0.717) is 11.6 Å². The first kappa shape index (κ1) is 34.9. The number of aromatic nitrogens is 3. The maximum atomic E-state index is 6.19. The first-order valence-corrected chi connectivity index (χ1v) is 20.2. The van der Waals surface area contributed by atoms with E-state index in [9.17, 15) is 0 Å². The van der Waals surface area contributed by atoms with Crippen molar-refractivity contribution in [1.29, 1.82) is 0 Å². The van der Waals surface area contributed by atoms with Crippen molar-refractivity contribution in [2.24, 2.45) is 5.92 Å². The minimum Gasteiger partial charge on any atom is -0.486 e. The summed E-state index contributed by atoms with van der Waals surface area (Å²) in [5.41, 5.74) is 10.4. The number of pyridine rings is 3. The molecule has 245 valence electrons. The van der Waals surface area contributed by atoms with E-state index >= 15 is 0 Å². The van der Waals surface area contributed by atoms with Gasteiger partial charge in [0.15, 0.2) is 0 Å². The first-order valence-electron chi connectivity index (χ1n) is 16.7. The fourth-order valence-electron chi connectivity index (χ4n) is 6.71. The van der Waals surface area contributed by atoms with Crippen LogP contribution in [0.1, 0.15) is 67.8 Å². The normalized spacial score (nSPS) is 13.5. The predicted octanol–water partition coefficient (Wildman–Crippen LogP) is 10.4. The van der Waals surface area contributed by atoms with Gasteiger partial charge in [-0.1, -0.05) is 100 Å². The van der Waals surface area contributed by atoms with Crippen LogP contribution in [-0.4, -0.2) is 23.0 Å². The summed E-state index contributed by atoms with van der Waals surface area (Å²) in [6.45, 7) is 15.7. The van der Waals surface area contributed by atoms with E-state index in [1.54, 1.807) is 0 Å². The summed E-state index contributed by atoms with van der Waals surface area (Å²) in [5, 5.41) is 3.65. The number of rotatable bonds is 6. The van der Waals surface area contributed by atoms with Crippen LogP contribution in [0, 0.1) is 31.9 Å². The number of benzene rings is 2. The minimum atomic E-state index is -1.34. The molecule has 0 aliphatic heterocycles. The number of furan rings is 1. The summed E-state index contributed by atoms with van der Waals surface area (Å²) in [6, 6.07) is 27.5. The van der Waals surface area contributed by atoms with Gasteiger partial charge in [0, 0.05) is 43.6 Å². The summed E-state index contributed by atoms with van der Waals surface area (Å²) >= 11 is 0. The van der Waals surface area contributed by atoms with Crippen molar-refractivity contribution in [3.8, 4) is 22.5 Å². The van der Waals surface area contributed by atoms with Gasteiger partial charge in [0.25, 0.3) is 0 Å². The van der Waals surface area contributed by atoms with Gasteiger partial charge in [-0.3, -0.25) is 0 Å². The average molecular weight is 816 g/mol. The Morgan fingerprint density at radius 2 is 1.72 bits per heavy atom. The topological polar surface area (TPSA) is 51.8 Å². The monoisotopic (exact) mass is 816 g/mol. The molecule has 1 aliphatic rings. The SMILES string of the molecule is CC(C)c1cc(-c2[c-]cccc2)ncc1[Si](C)(C)C.Cc1ccc2c(n1)oc1c(-c3cc(CC4CCCC4)ccn3)[c-]cc(C)c12.[Ir]. The molecule has 2 aromatic carbocycles. The molecular formula is C41H45IrN3OSi-2. The summed E-state index contributed by atoms with van der Waals surface area (Å²) in [6.07, 6.45) is 10.6. The number of fused-ring (bicyclic) bond motifs is 3. The molecule has 0 amide bonds. The molecule has 1 radical (unpaired) electrons. The molecule has 0 N–H and O–H groups in total. The van der Waals surface area contributed by atoms with Crippen LogP contribution in [0.2, 0.25) is 19.6 Å². The second-order valence-electron chi connectivity index (χ2n) is 14.2. The van der Waals surface area contributed by atoms with Crippen molar-refractivity contribution in [1.82, 2.24) is 15.0 Å². The second kappa shape index (κ2) is 14.8. The fraction of sp³-hybridized carbons (Fsp3) is 0.341. The number of nitrogens with zero attached hydrogens (tertiary/aromatic N) is 3. The Labute approximate surface area is 294 Å². The summed E-state index contributed by atoms with van der Waals surface area (Å²) < 4.78 is 6.19. The third-order valence-corrected chi connectivity index (χ3v) is 11.2. The van der Waals surface area contributed by atoms with Crippen LogP contribution in [0.15, 0.2) is 77.5 Å². The Kier molecular flexibility index (Phi) is 11.0. The molecule has 7 rings (SSSR count). The van der Waals surface area contributed by atoms with E-state index in [1.165, 1.54) is 42.0 Å². The summed E-state index contributed by atoms with van der Waals surface area (Å²) in [4.78, 5) is 13.9. The molecule has 0 unspecified atom stereocenters. The molecule has 1 aliphatic carbocycles. The molecule has 47 heavy (non-hydrogen) atoms. The number of hydrogen-bond acceptors (Lipinski definition) is 4. The van der Waals surface area contributed by atoms with E-state index < -0.39 is 8.07 Å². The average Bonchev–Trinajstić information content (AvgIpc) is 3.69. The Hall–Kier alpha value is -3.44. The third kappa shape index (κ3) is 7.83. The quantitative estimate of drug-likeness (QED) is 0.124. The number of hydrogen-bond donors (Lipinski definition) is 0. The maximum absolute atomic E-state index is 6.19. The van der Waals surface area contributed by atoms with Crippen LogP contribution < -0.4 is 5.19 Å². The third-order valence-electron chi connectivity index (χ3n) is 9.18. The van der Waals surface area contributed by atoms with Crippen molar-refractivity contribution >= 4 is 35.3 Å². The van der Waals surface area contributed by atoms with Crippen molar-refractivity contribution < 1.29 is 24.5 Å². The molecule has 0 bridgehead atoms. The molecule has 0 spiro atoms. The molecule has 4 heterocycles. The second-order valence-corrected chi connectivity index (χ2v) is 19.2. The van der Waals surface area contributed by atoms with Crippen molar-refractivity contribution in [2.45, 2.75) is 85.4 Å². The number of aryl methyl sites for hydroxylation is 2. The molecule has 0 atom stereocenters. The van der Waals surface area contributed by atoms with Gasteiger partial charge >= 0.3 is 0 Å². The van der Waals surface area contributed by atoms with Crippen LogP contribution in [0.5, 0.6) is 0 Å². The standard InChI is InChI=1S/C24H23N2O.C17H22NSi.Ir/c1-15-7-9-19(23-22(15)20-10-8-16(2)26-24(20)27-23)21-14-18(11-12-25-21)13-17-5-3-4-6-17;1-13(2)15-11-16(14-9-7-6-8-10-14)18-12-17(15)19(3,4)5;/h7-8,10-12,14,17H,3-6,13H2,1-2H3;6-9,11-13H,1-5H3;/q2*-1;. The maximum Gasteiger partial charge on any atom is 0.216 e. The van der Waals surface area contributed by atoms with Gasteiger partial charge in [-0.25, -0.2) is 4.98 Å². The van der Waals surface area contributed by atoms with Crippen LogP contribution in [0.4, 0.5) is 0 Å². The van der Waals surface area contributed by atoms with E-state index in [-0.39, 0.29) is 20.1 Å². The summed E-state index contributed by atoms with van der Waals surface area (Å²) in [7, 11) is -1.34. The molecule has 1 fully saturated rings. The Morgan fingerprint density at radius 1 is 0.936 bits per heavy atom. The van der Waals surface area contributed by atoms with Gasteiger partial charge in [-0.15, -0.1) is 53.6 Å². The van der Waals surface area contributed by atoms with Gasteiger partial charge in [0.2, 0.25) is 5.71 Å². The smallest absolute Gasteiger partial charge is 0.216 e. The zero-order valence-corrected chi connectivity index (χ0v) is 32.1. The van der Waals surface area contributed by atoms with Crippen molar-refractivity contribution in [3.63, 3.8) is 0 Å². The van der Waals surface area contributed by atoms with Crippen LogP contribution in [-0.2, 0) is 26.5 Å². The van der Waals surface area contributed by atoms with Gasteiger partial charge < -0.3 is 14.4 Å². The molecule has 4 aromatic heterocycles. The fourth-order valence-corrected chi connectivity index (χ4v) is 8.39. The molecule has 6 aromatic rings. The Balaban J connectivity index is 0.000000192. The minimum absolute atomic E-state index is 0. The molecule has 1 saturated carbocycles. The van der Waals surface area contributed by atoms with E-state index in [0.717, 1.165) is 62.5 Å². The van der Waals surface area contributed by atoms with Crippen LogP contribution in [0.25, 0.3) is 44.6 Å². The van der Waals surface area contributed by atoms with Gasteiger partial charge in [-0.2, -0.15) is 0 Å². The first-order chi connectivity index (χ1) is 22.1. The van der Waals surface area contributed by atoms with Crippen LogP contribution in [0.3, 0.4) is 0 Å². The Morgan fingerprint density at radius 3 is 2.43 bits per heavy atom. The summed E-state index contributed by atoms with van der Waals surface area (Å²) in [5.74, 6) is 1.35. The molecular weight excluding hydrogens is 771 g/mol. The van der Waals surface area contributed by atoms with Gasteiger partial charge in [0.05, 0.1) is 13.7 Å². The van der Waals surface area contributed by atoms with Gasteiger partial charge in [0.1, 0.15) is 0 Å². The largest absolute Gasteiger partial charge is 0.486 e. The van der Waals surface area contributed by atoms with Crippen molar-refractivity contribution in [3.05, 3.63) is 108 Å². The van der Waals surface area contributed by atoms with E-state index in [4.69, 9.17) is 4.42 Å². The van der Waals surface area contributed by atoms with Gasteiger partial charge in [-0.05, 0) is 60.0 Å².